The van der Waals surface area contributed by atoms with Gasteiger partial charge in [0.1, 0.15) is 11.9 Å². The molecule has 0 saturated carbocycles. The summed E-state index contributed by atoms with van der Waals surface area (Å²) in [6.07, 6.45) is 8.90. The first-order valence-electron chi connectivity index (χ1n) is 12.4. The van der Waals surface area contributed by atoms with Gasteiger partial charge in [0.05, 0.1) is 0 Å². The Hall–Kier alpha value is -2.29. The van der Waals surface area contributed by atoms with E-state index in [9.17, 15) is 0 Å². The van der Waals surface area contributed by atoms with Crippen LogP contribution in [0.15, 0.2) is 78.9 Å². The van der Waals surface area contributed by atoms with Crippen LogP contribution in [0.3, 0.4) is 0 Å². The molecule has 3 heteroatoms. The summed E-state index contributed by atoms with van der Waals surface area (Å²) >= 11 is 0. The minimum absolute atomic E-state index is 0. The number of halogens is 1. The van der Waals surface area contributed by atoms with Crippen LogP contribution in [0.4, 0.5) is 0 Å². The Bertz CT molecular complexity index is 980. The summed E-state index contributed by atoms with van der Waals surface area (Å²) in [6.45, 7) is 4.84. The molecule has 1 spiro atoms. The first kappa shape index (κ1) is 23.9. The summed E-state index contributed by atoms with van der Waals surface area (Å²) in [5.74, 6) is 0.978. The Morgan fingerprint density at radius 1 is 0.848 bits per heavy atom. The topological polar surface area (TPSA) is 12.5 Å². The standard InChI is InChI=1S/C30H35NO.ClH/c1-2-20-31-21-10-9-18-30(31)19-17-26-22-28(16-15-27(26)23-30)32-29(24-11-5-3-6-12-24)25-13-7-4-8-14-25;/h3-8,11-16,22,29H,2,9-10,17-21,23H2,1H3;1H. The quantitative estimate of drug-likeness (QED) is 0.379. The molecule has 33 heavy (non-hydrogen) atoms. The van der Waals surface area contributed by atoms with Crippen molar-refractivity contribution in [2.45, 2.75) is 63.5 Å². The van der Waals surface area contributed by atoms with Gasteiger partial charge in [-0.05, 0) is 86.0 Å². The van der Waals surface area contributed by atoms with E-state index in [2.05, 4.69) is 90.7 Å². The molecule has 1 aliphatic heterocycles. The summed E-state index contributed by atoms with van der Waals surface area (Å²) in [5.41, 5.74) is 5.78. The molecule has 2 aliphatic rings. The van der Waals surface area contributed by atoms with Crippen molar-refractivity contribution in [1.82, 2.24) is 4.90 Å². The van der Waals surface area contributed by atoms with Crippen LogP contribution in [-0.2, 0) is 12.8 Å². The van der Waals surface area contributed by atoms with Gasteiger partial charge in [-0.25, -0.2) is 0 Å². The zero-order valence-corrected chi connectivity index (χ0v) is 20.5. The maximum Gasteiger partial charge on any atom is 0.149 e. The summed E-state index contributed by atoms with van der Waals surface area (Å²) in [7, 11) is 0. The van der Waals surface area contributed by atoms with Gasteiger partial charge >= 0.3 is 0 Å². The normalized spacial score (nSPS) is 20.3. The van der Waals surface area contributed by atoms with E-state index in [-0.39, 0.29) is 18.5 Å². The van der Waals surface area contributed by atoms with Crippen LogP contribution in [0.1, 0.15) is 67.4 Å². The third-order valence-electron chi connectivity index (χ3n) is 7.50. The maximum atomic E-state index is 6.64. The van der Waals surface area contributed by atoms with Gasteiger partial charge in [-0.1, -0.05) is 80.1 Å². The van der Waals surface area contributed by atoms with Crippen molar-refractivity contribution in [3.63, 3.8) is 0 Å². The van der Waals surface area contributed by atoms with Crippen molar-refractivity contribution in [2.24, 2.45) is 0 Å². The summed E-state index contributed by atoms with van der Waals surface area (Å²) in [5, 5.41) is 0. The molecule has 1 atom stereocenters. The number of likely N-dealkylation sites (tertiary alicyclic amines) is 1. The Morgan fingerprint density at radius 3 is 2.21 bits per heavy atom. The number of piperidine rings is 1. The molecule has 1 aliphatic carbocycles. The number of benzene rings is 3. The van der Waals surface area contributed by atoms with Crippen LogP contribution < -0.4 is 4.74 Å². The highest BCUT2D eigenvalue weighted by Gasteiger charge is 2.40. The molecule has 0 radical (unpaired) electrons. The number of rotatable bonds is 6. The number of ether oxygens (including phenoxy) is 1. The minimum Gasteiger partial charge on any atom is -0.481 e. The molecule has 3 aromatic carbocycles. The van der Waals surface area contributed by atoms with Gasteiger partial charge in [-0.3, -0.25) is 4.90 Å². The highest BCUT2D eigenvalue weighted by atomic mass is 35.5. The van der Waals surface area contributed by atoms with E-state index in [0.29, 0.717) is 5.54 Å². The molecule has 1 unspecified atom stereocenters. The fourth-order valence-corrected chi connectivity index (χ4v) is 5.87. The number of aryl methyl sites for hydroxylation is 1. The first-order chi connectivity index (χ1) is 15.8. The Morgan fingerprint density at radius 2 is 1.55 bits per heavy atom. The summed E-state index contributed by atoms with van der Waals surface area (Å²) < 4.78 is 6.64. The van der Waals surface area contributed by atoms with Crippen LogP contribution >= 0.6 is 12.4 Å². The van der Waals surface area contributed by atoms with Crippen LogP contribution in [0, 0.1) is 0 Å². The number of nitrogens with zero attached hydrogens (tertiary/aromatic N) is 1. The predicted molar refractivity (Wildman–Crippen MR) is 140 cm³/mol. The van der Waals surface area contributed by atoms with Crippen molar-refractivity contribution in [2.75, 3.05) is 13.1 Å². The van der Waals surface area contributed by atoms with E-state index in [0.717, 1.165) is 12.2 Å². The molecule has 174 valence electrons. The molecule has 0 amide bonds. The summed E-state index contributed by atoms with van der Waals surface area (Å²) in [4.78, 5) is 2.81. The van der Waals surface area contributed by atoms with Gasteiger partial charge in [0, 0.05) is 5.54 Å². The van der Waals surface area contributed by atoms with E-state index < -0.39 is 0 Å². The van der Waals surface area contributed by atoms with E-state index in [1.807, 2.05) is 0 Å². The second-order valence-corrected chi connectivity index (χ2v) is 9.60. The predicted octanol–water partition coefficient (Wildman–Crippen LogP) is 7.40. The van der Waals surface area contributed by atoms with E-state index >= 15 is 0 Å². The molecular formula is C30H36ClNO. The molecule has 0 aromatic heterocycles. The van der Waals surface area contributed by atoms with Crippen molar-refractivity contribution >= 4 is 12.4 Å². The lowest BCUT2D eigenvalue weighted by Gasteiger charge is -2.50. The number of fused-ring (bicyclic) bond motifs is 1. The molecule has 1 saturated heterocycles. The SMILES string of the molecule is CCCN1CCCCC12CCc1cc(OC(c3ccccc3)c3ccccc3)ccc1C2.Cl. The lowest BCUT2D eigenvalue weighted by molar-refractivity contribution is 0.0340. The van der Waals surface area contributed by atoms with E-state index in [1.165, 1.54) is 73.9 Å². The van der Waals surface area contributed by atoms with Crippen LogP contribution in [0.5, 0.6) is 5.75 Å². The molecule has 0 bridgehead atoms. The minimum atomic E-state index is -0.0937. The fourth-order valence-electron chi connectivity index (χ4n) is 5.87. The van der Waals surface area contributed by atoms with Crippen molar-refractivity contribution < 1.29 is 4.74 Å². The number of hydrogen-bond donors (Lipinski definition) is 0. The molecule has 1 fully saturated rings. The van der Waals surface area contributed by atoms with Crippen LogP contribution in [0.2, 0.25) is 0 Å². The van der Waals surface area contributed by atoms with Crippen LogP contribution in [-0.4, -0.2) is 23.5 Å². The Kier molecular flexibility index (Phi) is 7.78. The second kappa shape index (κ2) is 10.8. The lowest BCUT2D eigenvalue weighted by atomic mass is 9.72. The molecule has 3 aromatic rings. The number of hydrogen-bond acceptors (Lipinski definition) is 2. The van der Waals surface area contributed by atoms with Gasteiger partial charge in [-0.2, -0.15) is 0 Å². The second-order valence-electron chi connectivity index (χ2n) is 9.60. The fraction of sp³-hybridized carbons (Fsp3) is 0.400. The molecule has 2 nitrogen and oxygen atoms in total. The largest absolute Gasteiger partial charge is 0.481 e. The maximum absolute atomic E-state index is 6.64. The van der Waals surface area contributed by atoms with Crippen LogP contribution in [0.25, 0.3) is 0 Å². The first-order valence-corrected chi connectivity index (χ1v) is 12.4. The highest BCUT2D eigenvalue weighted by molar-refractivity contribution is 5.85. The average Bonchev–Trinajstić information content (AvgIpc) is 2.85. The highest BCUT2D eigenvalue weighted by Crippen LogP contribution is 2.41. The Balaban J connectivity index is 0.00000259. The third-order valence-corrected chi connectivity index (χ3v) is 7.50. The molecule has 5 rings (SSSR count). The van der Waals surface area contributed by atoms with Gasteiger partial charge in [-0.15, -0.1) is 12.4 Å². The summed E-state index contributed by atoms with van der Waals surface area (Å²) in [6, 6.07) is 28.0. The van der Waals surface area contributed by atoms with Gasteiger partial charge in [0.15, 0.2) is 0 Å². The molecular weight excluding hydrogens is 426 g/mol. The van der Waals surface area contributed by atoms with Gasteiger partial charge in [0.2, 0.25) is 0 Å². The van der Waals surface area contributed by atoms with E-state index in [1.54, 1.807) is 0 Å². The average molecular weight is 462 g/mol. The molecule has 0 N–H and O–H groups in total. The van der Waals surface area contributed by atoms with E-state index in [4.69, 9.17) is 4.74 Å². The third kappa shape index (κ3) is 5.13. The van der Waals surface area contributed by atoms with Gasteiger partial charge < -0.3 is 4.74 Å². The zero-order valence-electron chi connectivity index (χ0n) is 19.7. The zero-order chi connectivity index (χ0) is 21.8. The Labute approximate surface area is 205 Å². The van der Waals surface area contributed by atoms with Gasteiger partial charge in [0.25, 0.3) is 0 Å². The van der Waals surface area contributed by atoms with Crippen molar-refractivity contribution in [1.29, 1.82) is 0 Å². The smallest absolute Gasteiger partial charge is 0.149 e. The monoisotopic (exact) mass is 461 g/mol. The van der Waals surface area contributed by atoms with Crippen molar-refractivity contribution in [3.05, 3.63) is 101 Å². The lowest BCUT2D eigenvalue weighted by Crippen LogP contribution is -2.55. The van der Waals surface area contributed by atoms with Crippen molar-refractivity contribution in [3.8, 4) is 5.75 Å². The molecule has 1 heterocycles.